The van der Waals surface area contributed by atoms with Crippen LogP contribution in [0.1, 0.15) is 22.2 Å². The summed E-state index contributed by atoms with van der Waals surface area (Å²) in [6.07, 6.45) is 3.39. The normalized spacial score (nSPS) is 19.7. The summed E-state index contributed by atoms with van der Waals surface area (Å²) in [6.45, 7) is 1.34. The Kier molecular flexibility index (Phi) is 4.89. The minimum Gasteiger partial charge on any atom is -0.355 e. The molecule has 2 heterocycles. The predicted molar refractivity (Wildman–Crippen MR) is 92.5 cm³/mol. The van der Waals surface area contributed by atoms with Crippen LogP contribution in [0.25, 0.3) is 0 Å². The zero-order chi connectivity index (χ0) is 18.0. The van der Waals surface area contributed by atoms with E-state index in [1.54, 1.807) is 12.4 Å². The summed E-state index contributed by atoms with van der Waals surface area (Å²) >= 11 is 0. The number of hydrogen-bond acceptors (Lipinski definition) is 5. The Morgan fingerprint density at radius 3 is 2.60 bits per heavy atom. The summed E-state index contributed by atoms with van der Waals surface area (Å²) in [5, 5.41) is 2.51. The second kappa shape index (κ2) is 6.95. The van der Waals surface area contributed by atoms with E-state index >= 15 is 0 Å². The molecule has 1 aliphatic heterocycles. The van der Waals surface area contributed by atoms with Gasteiger partial charge < -0.3 is 10.3 Å². The summed E-state index contributed by atoms with van der Waals surface area (Å²) < 4.78 is 27.3. The van der Waals surface area contributed by atoms with Gasteiger partial charge in [-0.1, -0.05) is 0 Å². The molecule has 1 aliphatic rings. The number of carbonyl (C=O) groups is 1. The monoisotopic (exact) mass is 363 g/mol. The van der Waals surface area contributed by atoms with E-state index in [4.69, 9.17) is 0 Å². The van der Waals surface area contributed by atoms with Crippen molar-refractivity contribution in [2.45, 2.75) is 10.9 Å². The molecular formula is C16H21N5O3S. The maximum Gasteiger partial charge on any atom is 0.251 e. The van der Waals surface area contributed by atoms with Gasteiger partial charge >= 0.3 is 0 Å². The number of carbonyl (C=O) groups excluding carboxylic acids is 1. The van der Waals surface area contributed by atoms with Gasteiger partial charge in [0.25, 0.3) is 5.91 Å². The number of aromatic amines is 1. The molecule has 0 spiro atoms. The fourth-order valence-electron chi connectivity index (χ4n) is 2.89. The van der Waals surface area contributed by atoms with Crippen molar-refractivity contribution in [1.29, 1.82) is 0 Å². The van der Waals surface area contributed by atoms with Crippen LogP contribution in [0.4, 0.5) is 0 Å². The molecule has 0 radical (unpaired) electrons. The molecule has 0 unspecified atom stereocenters. The second-order valence-electron chi connectivity index (χ2n) is 5.94. The number of imidazole rings is 1. The minimum atomic E-state index is -3.63. The van der Waals surface area contributed by atoms with Crippen molar-refractivity contribution in [2.75, 3.05) is 33.7 Å². The highest BCUT2D eigenvalue weighted by Crippen LogP contribution is 2.26. The van der Waals surface area contributed by atoms with Crippen molar-refractivity contribution in [3.63, 3.8) is 0 Å². The molecule has 9 heteroatoms. The van der Waals surface area contributed by atoms with Gasteiger partial charge in [-0.25, -0.2) is 13.4 Å². The number of benzene rings is 1. The molecule has 2 aromatic rings. The Hall–Kier alpha value is -2.23. The molecular weight excluding hydrogens is 342 g/mol. The first-order valence-corrected chi connectivity index (χ1v) is 9.39. The first kappa shape index (κ1) is 17.6. The zero-order valence-electron chi connectivity index (χ0n) is 14.1. The van der Waals surface area contributed by atoms with E-state index in [-0.39, 0.29) is 16.8 Å². The number of hydrogen-bond donors (Lipinski definition) is 2. The lowest BCUT2D eigenvalue weighted by atomic mass is 10.2. The van der Waals surface area contributed by atoms with Crippen molar-refractivity contribution in [1.82, 2.24) is 24.5 Å². The Morgan fingerprint density at radius 2 is 2.00 bits per heavy atom. The molecule has 1 saturated heterocycles. The van der Waals surface area contributed by atoms with Crippen LogP contribution in [0.2, 0.25) is 0 Å². The van der Waals surface area contributed by atoms with Crippen LogP contribution in [0, 0.1) is 0 Å². The first-order valence-electron chi connectivity index (χ1n) is 7.95. The van der Waals surface area contributed by atoms with E-state index in [2.05, 4.69) is 20.2 Å². The lowest BCUT2D eigenvalue weighted by Gasteiger charge is -2.37. The Morgan fingerprint density at radius 1 is 1.28 bits per heavy atom. The highest BCUT2D eigenvalue weighted by atomic mass is 32.2. The number of nitrogens with zero attached hydrogens (tertiary/aromatic N) is 3. The van der Waals surface area contributed by atoms with Crippen molar-refractivity contribution >= 4 is 15.9 Å². The summed E-state index contributed by atoms with van der Waals surface area (Å²) in [5.41, 5.74) is 0.424. The topological polar surface area (TPSA) is 98.4 Å². The average molecular weight is 363 g/mol. The number of nitrogens with one attached hydrogen (secondary N) is 2. The van der Waals surface area contributed by atoms with Gasteiger partial charge in [0.2, 0.25) is 10.0 Å². The van der Waals surface area contributed by atoms with Crippen LogP contribution in [0.5, 0.6) is 0 Å². The molecule has 0 aliphatic carbocycles. The van der Waals surface area contributed by atoms with Gasteiger partial charge in [-0.05, 0) is 31.3 Å². The van der Waals surface area contributed by atoms with E-state index in [1.807, 2.05) is 7.05 Å². The zero-order valence-corrected chi connectivity index (χ0v) is 15.0. The summed E-state index contributed by atoms with van der Waals surface area (Å²) in [4.78, 5) is 21.2. The van der Waals surface area contributed by atoms with E-state index in [1.165, 1.54) is 35.6 Å². The van der Waals surface area contributed by atoms with Gasteiger partial charge in [0, 0.05) is 44.6 Å². The Bertz CT molecular complexity index is 833. The van der Waals surface area contributed by atoms with Crippen LogP contribution in [0.15, 0.2) is 41.6 Å². The molecule has 2 N–H and O–H groups in total. The van der Waals surface area contributed by atoms with Gasteiger partial charge in [-0.2, -0.15) is 4.31 Å². The number of rotatable bonds is 4. The Labute approximate surface area is 146 Å². The molecule has 1 fully saturated rings. The third kappa shape index (κ3) is 3.44. The number of piperazine rings is 1. The molecule has 0 saturated carbocycles. The third-order valence-electron chi connectivity index (χ3n) is 4.43. The maximum absolute atomic E-state index is 12.9. The van der Waals surface area contributed by atoms with Crippen molar-refractivity contribution in [2.24, 2.45) is 0 Å². The van der Waals surface area contributed by atoms with E-state index in [0.717, 1.165) is 5.82 Å². The number of H-pyrrole nitrogens is 1. The lowest BCUT2D eigenvalue weighted by molar-refractivity contribution is 0.0963. The minimum absolute atomic E-state index is 0.122. The van der Waals surface area contributed by atoms with Gasteiger partial charge in [0.1, 0.15) is 5.82 Å². The fourth-order valence-corrected chi connectivity index (χ4v) is 4.33. The van der Waals surface area contributed by atoms with E-state index in [0.29, 0.717) is 25.2 Å². The van der Waals surface area contributed by atoms with Crippen LogP contribution >= 0.6 is 0 Å². The number of amides is 1. The number of aromatic nitrogens is 2. The van der Waals surface area contributed by atoms with Crippen molar-refractivity contribution in [3.05, 3.63) is 48.0 Å². The van der Waals surface area contributed by atoms with Crippen molar-refractivity contribution < 1.29 is 13.2 Å². The molecule has 25 heavy (non-hydrogen) atoms. The highest BCUT2D eigenvalue weighted by Gasteiger charge is 2.34. The quantitative estimate of drug-likeness (QED) is 0.822. The maximum atomic E-state index is 12.9. The van der Waals surface area contributed by atoms with Gasteiger partial charge in [0.05, 0.1) is 10.9 Å². The first-order chi connectivity index (χ1) is 11.9. The molecule has 1 atom stereocenters. The van der Waals surface area contributed by atoms with Crippen LogP contribution in [0.3, 0.4) is 0 Å². The number of likely N-dealkylation sites (N-methyl/N-ethyl adjacent to an activating group) is 1. The second-order valence-corrected chi connectivity index (χ2v) is 7.88. The summed E-state index contributed by atoms with van der Waals surface area (Å²) in [7, 11) is -0.138. The molecule has 134 valence electrons. The van der Waals surface area contributed by atoms with Gasteiger partial charge in [-0.3, -0.25) is 9.69 Å². The molecule has 0 bridgehead atoms. The molecule has 8 nitrogen and oxygen atoms in total. The number of sulfonamides is 1. The smallest absolute Gasteiger partial charge is 0.251 e. The average Bonchev–Trinajstić information content (AvgIpc) is 3.15. The van der Waals surface area contributed by atoms with Gasteiger partial charge in [-0.15, -0.1) is 0 Å². The lowest BCUT2D eigenvalue weighted by Crippen LogP contribution is -2.49. The van der Waals surface area contributed by atoms with E-state index < -0.39 is 10.0 Å². The molecule has 1 aromatic carbocycles. The largest absolute Gasteiger partial charge is 0.355 e. The summed E-state index contributed by atoms with van der Waals surface area (Å²) in [5.74, 6) is 0.499. The van der Waals surface area contributed by atoms with Gasteiger partial charge in [0.15, 0.2) is 0 Å². The van der Waals surface area contributed by atoms with Crippen LogP contribution in [-0.2, 0) is 10.0 Å². The standard InChI is InChI=1S/C16H21N5O3S/c1-17-16(22)12-3-5-13(6-4-12)25(23,24)21-10-9-20(2)14(11-21)15-18-7-8-19-15/h3-8,14H,9-11H2,1-2H3,(H,17,22)(H,18,19)/t14-/m0/s1. The highest BCUT2D eigenvalue weighted by molar-refractivity contribution is 7.89. The molecule has 3 rings (SSSR count). The van der Waals surface area contributed by atoms with Crippen LogP contribution < -0.4 is 5.32 Å². The summed E-state index contributed by atoms with van der Waals surface area (Å²) in [6, 6.07) is 5.86. The SMILES string of the molecule is CNC(=O)c1ccc(S(=O)(=O)N2CCN(C)[C@H](c3ncc[nH]3)C2)cc1. The molecule has 1 amide bonds. The van der Waals surface area contributed by atoms with E-state index in [9.17, 15) is 13.2 Å². The van der Waals surface area contributed by atoms with Crippen LogP contribution in [-0.4, -0.2) is 67.2 Å². The fraction of sp³-hybridized carbons (Fsp3) is 0.375. The predicted octanol–water partition coefficient (Wildman–Crippen LogP) is 0.447. The Balaban J connectivity index is 1.83. The third-order valence-corrected chi connectivity index (χ3v) is 6.31. The van der Waals surface area contributed by atoms with Crippen molar-refractivity contribution in [3.8, 4) is 0 Å². The molecule has 1 aromatic heterocycles.